The maximum absolute atomic E-state index is 12.2. The zero-order valence-corrected chi connectivity index (χ0v) is 14.8. The maximum Gasteiger partial charge on any atom is 0.223 e. The Morgan fingerprint density at radius 3 is 2.59 bits per heavy atom. The highest BCUT2D eigenvalue weighted by Crippen LogP contribution is 2.58. The quantitative estimate of drug-likeness (QED) is 0.725. The highest BCUT2D eigenvalue weighted by molar-refractivity contribution is 5.85. The van der Waals surface area contributed by atoms with Crippen LogP contribution in [-0.2, 0) is 9.53 Å². The number of hydrogen-bond acceptors (Lipinski definition) is 4. The van der Waals surface area contributed by atoms with E-state index in [4.69, 9.17) is 4.74 Å². The second-order valence-corrected chi connectivity index (χ2v) is 6.47. The van der Waals surface area contributed by atoms with Crippen LogP contribution in [0.5, 0.6) is 0 Å². The summed E-state index contributed by atoms with van der Waals surface area (Å²) < 4.78 is 5.33. The molecule has 1 unspecified atom stereocenters. The van der Waals surface area contributed by atoms with E-state index in [1.54, 1.807) is 0 Å². The van der Waals surface area contributed by atoms with Crippen LogP contribution in [0.25, 0.3) is 0 Å². The van der Waals surface area contributed by atoms with Gasteiger partial charge in [-0.25, -0.2) is 0 Å². The number of ether oxygens (including phenoxy) is 1. The predicted octanol–water partition coefficient (Wildman–Crippen LogP) is 1.06. The van der Waals surface area contributed by atoms with E-state index in [0.29, 0.717) is 17.2 Å². The number of morpholine rings is 1. The standard InChI is InChI=1S/C15H27N3O2.2ClH/c19-14(13-12-15(13)2-5-16-6-3-15)17-4-1-7-18-8-10-20-11-9-18;;/h13,16H,1-12H2,(H,17,19);2*1H. The van der Waals surface area contributed by atoms with Crippen LogP contribution >= 0.6 is 24.8 Å². The molecule has 130 valence electrons. The van der Waals surface area contributed by atoms with Crippen molar-refractivity contribution < 1.29 is 9.53 Å². The van der Waals surface area contributed by atoms with Gasteiger partial charge in [-0.15, -0.1) is 24.8 Å². The van der Waals surface area contributed by atoms with Crippen LogP contribution in [0, 0.1) is 11.3 Å². The van der Waals surface area contributed by atoms with Gasteiger partial charge < -0.3 is 15.4 Å². The number of amides is 1. The maximum atomic E-state index is 12.2. The van der Waals surface area contributed by atoms with Crippen LogP contribution in [0.15, 0.2) is 0 Å². The molecule has 1 aliphatic carbocycles. The molecule has 0 radical (unpaired) electrons. The van der Waals surface area contributed by atoms with Gasteiger partial charge in [0.25, 0.3) is 0 Å². The molecule has 7 heteroatoms. The van der Waals surface area contributed by atoms with Gasteiger partial charge in [0.05, 0.1) is 13.2 Å². The Balaban J connectivity index is 0.00000121. The van der Waals surface area contributed by atoms with Gasteiger partial charge in [0, 0.05) is 25.6 Å². The lowest BCUT2D eigenvalue weighted by Crippen LogP contribution is -2.38. The Morgan fingerprint density at radius 1 is 1.23 bits per heavy atom. The summed E-state index contributed by atoms with van der Waals surface area (Å²) in [5, 5.41) is 6.52. The highest BCUT2D eigenvalue weighted by Gasteiger charge is 2.57. The largest absolute Gasteiger partial charge is 0.379 e. The molecule has 3 aliphatic rings. The third kappa shape index (κ3) is 4.96. The number of rotatable bonds is 5. The van der Waals surface area contributed by atoms with Crippen molar-refractivity contribution in [2.24, 2.45) is 11.3 Å². The molecule has 0 bridgehead atoms. The van der Waals surface area contributed by atoms with Gasteiger partial charge >= 0.3 is 0 Å². The molecule has 0 aromatic carbocycles. The molecule has 1 atom stereocenters. The number of nitrogens with zero attached hydrogens (tertiary/aromatic N) is 1. The first-order valence-electron chi connectivity index (χ1n) is 8.09. The van der Waals surface area contributed by atoms with E-state index in [1.165, 1.54) is 12.8 Å². The van der Waals surface area contributed by atoms with Crippen LogP contribution in [-0.4, -0.2) is 63.3 Å². The van der Waals surface area contributed by atoms with Gasteiger partial charge in [0.1, 0.15) is 0 Å². The lowest BCUT2D eigenvalue weighted by molar-refractivity contribution is -0.123. The Hall–Kier alpha value is -0.0700. The van der Waals surface area contributed by atoms with Gasteiger partial charge in [0.2, 0.25) is 5.91 Å². The minimum atomic E-state index is 0. The second-order valence-electron chi connectivity index (χ2n) is 6.47. The van der Waals surface area contributed by atoms with Crippen LogP contribution in [0.2, 0.25) is 0 Å². The zero-order chi connectivity index (χ0) is 13.8. The van der Waals surface area contributed by atoms with E-state index >= 15 is 0 Å². The molecule has 3 rings (SSSR count). The summed E-state index contributed by atoms with van der Waals surface area (Å²) in [6.45, 7) is 7.83. The molecule has 1 amide bonds. The van der Waals surface area contributed by atoms with Crippen molar-refractivity contribution in [3.05, 3.63) is 0 Å². The van der Waals surface area contributed by atoms with Gasteiger partial charge in [-0.1, -0.05) is 0 Å². The summed E-state index contributed by atoms with van der Waals surface area (Å²) in [4.78, 5) is 14.6. The Bertz CT molecular complexity index is 346. The van der Waals surface area contributed by atoms with Crippen LogP contribution in [0.4, 0.5) is 0 Å². The summed E-state index contributed by atoms with van der Waals surface area (Å²) in [6, 6.07) is 0. The first kappa shape index (κ1) is 20.0. The summed E-state index contributed by atoms with van der Waals surface area (Å²) in [7, 11) is 0. The molecule has 2 aliphatic heterocycles. The first-order chi connectivity index (χ1) is 9.80. The van der Waals surface area contributed by atoms with Crippen molar-refractivity contribution in [2.75, 3.05) is 52.5 Å². The molecule has 22 heavy (non-hydrogen) atoms. The molecular formula is C15H29Cl2N3O2. The van der Waals surface area contributed by atoms with Gasteiger partial charge in [0.15, 0.2) is 0 Å². The van der Waals surface area contributed by atoms with Crippen molar-refractivity contribution >= 4 is 30.7 Å². The minimum Gasteiger partial charge on any atom is -0.379 e. The summed E-state index contributed by atoms with van der Waals surface area (Å²) in [5.74, 6) is 0.599. The van der Waals surface area contributed by atoms with E-state index in [1.807, 2.05) is 0 Å². The fourth-order valence-electron chi connectivity index (χ4n) is 3.66. The minimum absolute atomic E-state index is 0. The average Bonchev–Trinajstić information content (AvgIpc) is 3.19. The normalized spacial score (nSPS) is 26.6. The first-order valence-corrected chi connectivity index (χ1v) is 8.09. The summed E-state index contributed by atoms with van der Waals surface area (Å²) >= 11 is 0. The highest BCUT2D eigenvalue weighted by atomic mass is 35.5. The Labute approximate surface area is 145 Å². The van der Waals surface area contributed by atoms with E-state index in [0.717, 1.165) is 65.3 Å². The van der Waals surface area contributed by atoms with E-state index in [2.05, 4.69) is 15.5 Å². The summed E-state index contributed by atoms with van der Waals surface area (Å²) in [6.07, 6.45) is 4.52. The van der Waals surface area contributed by atoms with Crippen LogP contribution < -0.4 is 10.6 Å². The predicted molar refractivity (Wildman–Crippen MR) is 92.0 cm³/mol. The lowest BCUT2D eigenvalue weighted by Gasteiger charge is -2.26. The van der Waals surface area contributed by atoms with Gasteiger partial charge in [-0.05, 0) is 50.7 Å². The van der Waals surface area contributed by atoms with Crippen molar-refractivity contribution in [3.63, 3.8) is 0 Å². The zero-order valence-electron chi connectivity index (χ0n) is 13.1. The molecule has 2 N–H and O–H groups in total. The Kier molecular flexibility index (Phi) is 8.43. The number of halogens is 2. The molecule has 5 nitrogen and oxygen atoms in total. The molecular weight excluding hydrogens is 325 g/mol. The third-order valence-corrected chi connectivity index (χ3v) is 5.16. The lowest BCUT2D eigenvalue weighted by atomic mass is 9.92. The topological polar surface area (TPSA) is 53.6 Å². The number of hydrogen-bond donors (Lipinski definition) is 2. The molecule has 3 fully saturated rings. The Morgan fingerprint density at radius 2 is 1.91 bits per heavy atom. The number of carbonyl (C=O) groups excluding carboxylic acids is 1. The SMILES string of the molecule is Cl.Cl.O=C(NCCCN1CCOCC1)C1CC12CCNCC2. The smallest absolute Gasteiger partial charge is 0.223 e. The van der Waals surface area contributed by atoms with Crippen LogP contribution in [0.3, 0.4) is 0 Å². The molecule has 2 heterocycles. The van der Waals surface area contributed by atoms with E-state index in [9.17, 15) is 4.79 Å². The molecule has 0 aromatic rings. The third-order valence-electron chi connectivity index (χ3n) is 5.16. The average molecular weight is 354 g/mol. The number of carbonyl (C=O) groups is 1. The molecule has 2 saturated heterocycles. The van der Waals surface area contributed by atoms with Crippen molar-refractivity contribution in [1.82, 2.24) is 15.5 Å². The fraction of sp³-hybridized carbons (Fsp3) is 0.933. The number of nitrogens with one attached hydrogen (secondary N) is 2. The van der Waals surface area contributed by atoms with Gasteiger partial charge in [-0.3, -0.25) is 9.69 Å². The van der Waals surface area contributed by atoms with E-state index in [-0.39, 0.29) is 24.8 Å². The van der Waals surface area contributed by atoms with Gasteiger partial charge in [-0.2, -0.15) is 0 Å². The summed E-state index contributed by atoms with van der Waals surface area (Å²) in [5.41, 5.74) is 0.361. The fourth-order valence-corrected chi connectivity index (χ4v) is 3.66. The molecule has 1 spiro atoms. The van der Waals surface area contributed by atoms with Crippen molar-refractivity contribution in [2.45, 2.75) is 25.7 Å². The monoisotopic (exact) mass is 353 g/mol. The van der Waals surface area contributed by atoms with Crippen molar-refractivity contribution in [3.8, 4) is 0 Å². The van der Waals surface area contributed by atoms with Crippen LogP contribution in [0.1, 0.15) is 25.7 Å². The number of piperidine rings is 1. The molecule has 0 aromatic heterocycles. The molecule has 1 saturated carbocycles. The van der Waals surface area contributed by atoms with Crippen molar-refractivity contribution in [1.29, 1.82) is 0 Å². The second kappa shape index (κ2) is 9.28. The van der Waals surface area contributed by atoms with E-state index < -0.39 is 0 Å².